The van der Waals surface area contributed by atoms with Crippen LogP contribution in [0.5, 0.6) is 5.75 Å². The molecule has 114 valence electrons. The zero-order valence-corrected chi connectivity index (χ0v) is 13.5. The quantitative estimate of drug-likeness (QED) is 0.586. The Morgan fingerprint density at radius 3 is 2.74 bits per heavy atom. The highest BCUT2D eigenvalue weighted by Crippen LogP contribution is 2.38. The van der Waals surface area contributed by atoms with E-state index >= 15 is 0 Å². The second-order valence-electron chi connectivity index (χ2n) is 4.48. The highest BCUT2D eigenvalue weighted by atomic mass is 35.5. The topological polar surface area (TPSA) is 89.1 Å². The van der Waals surface area contributed by atoms with E-state index in [9.17, 15) is 5.11 Å². The fourth-order valence-electron chi connectivity index (χ4n) is 2.01. The molecular weight excluding hydrogens is 359 g/mol. The Morgan fingerprint density at radius 1 is 1.09 bits per heavy atom. The number of aromatic nitrogens is 6. The molecule has 3 heterocycles. The molecule has 4 aromatic rings. The van der Waals surface area contributed by atoms with Crippen molar-refractivity contribution in [3.63, 3.8) is 0 Å². The maximum atomic E-state index is 9.60. The van der Waals surface area contributed by atoms with Crippen LogP contribution in [0.3, 0.4) is 0 Å². The maximum absolute atomic E-state index is 9.60. The van der Waals surface area contributed by atoms with Crippen molar-refractivity contribution >= 4 is 39.5 Å². The number of hydrogen-bond donors (Lipinski definition) is 1. The molecule has 0 bridgehead atoms. The summed E-state index contributed by atoms with van der Waals surface area (Å²) in [6, 6.07) is 3.06. The van der Waals surface area contributed by atoms with Gasteiger partial charge < -0.3 is 5.11 Å². The van der Waals surface area contributed by atoms with Gasteiger partial charge in [-0.05, 0) is 12.1 Å². The number of hydrogen-bond acceptors (Lipinski definition) is 7. The van der Waals surface area contributed by atoms with Crippen molar-refractivity contribution in [3.05, 3.63) is 40.8 Å². The first kappa shape index (κ1) is 14.3. The number of nitrogens with zero attached hydrogens (tertiary/aromatic N) is 6. The monoisotopic (exact) mass is 364 g/mol. The van der Waals surface area contributed by atoms with Crippen LogP contribution in [0.4, 0.5) is 0 Å². The fourth-order valence-corrected chi connectivity index (χ4v) is 3.22. The van der Waals surface area contributed by atoms with Crippen molar-refractivity contribution < 1.29 is 5.11 Å². The second-order valence-corrected chi connectivity index (χ2v) is 6.19. The summed E-state index contributed by atoms with van der Waals surface area (Å²) in [5.41, 5.74) is 1.17. The van der Waals surface area contributed by atoms with Crippen molar-refractivity contribution in [2.24, 2.45) is 0 Å². The number of benzene rings is 1. The molecule has 3 aromatic heterocycles. The minimum atomic E-state index is -0.0975. The van der Waals surface area contributed by atoms with Gasteiger partial charge in [-0.15, -0.1) is 10.2 Å². The summed E-state index contributed by atoms with van der Waals surface area (Å²) >= 11 is 13.5. The van der Waals surface area contributed by atoms with Gasteiger partial charge in [0.25, 0.3) is 0 Å². The average Bonchev–Trinajstić information content (AvgIpc) is 3.15. The molecule has 0 saturated carbocycles. The van der Waals surface area contributed by atoms with Crippen LogP contribution in [0.1, 0.15) is 0 Å². The summed E-state index contributed by atoms with van der Waals surface area (Å²) in [4.78, 5) is 8.82. The summed E-state index contributed by atoms with van der Waals surface area (Å²) in [6.07, 6.45) is 4.80. The van der Waals surface area contributed by atoms with Gasteiger partial charge in [-0.2, -0.15) is 9.61 Å². The molecule has 0 saturated heterocycles. The van der Waals surface area contributed by atoms with E-state index in [0.717, 1.165) is 0 Å². The van der Waals surface area contributed by atoms with Gasteiger partial charge >= 0.3 is 0 Å². The molecule has 7 nitrogen and oxygen atoms in total. The number of rotatable bonds is 2. The highest BCUT2D eigenvalue weighted by molar-refractivity contribution is 7.19. The number of phenols is 1. The Bertz CT molecular complexity index is 1020. The van der Waals surface area contributed by atoms with Crippen LogP contribution in [-0.4, -0.2) is 34.9 Å². The van der Waals surface area contributed by atoms with Gasteiger partial charge in [0.05, 0.1) is 11.2 Å². The van der Waals surface area contributed by atoms with E-state index in [-0.39, 0.29) is 15.8 Å². The molecule has 0 aliphatic heterocycles. The lowest BCUT2D eigenvalue weighted by molar-refractivity contribution is 0.475. The minimum absolute atomic E-state index is 0.0605. The van der Waals surface area contributed by atoms with E-state index < -0.39 is 0 Å². The van der Waals surface area contributed by atoms with Crippen molar-refractivity contribution in [2.75, 3.05) is 0 Å². The van der Waals surface area contributed by atoms with Crippen LogP contribution in [0.15, 0.2) is 30.7 Å². The molecule has 0 aliphatic carbocycles. The lowest BCUT2D eigenvalue weighted by Gasteiger charge is -2.04. The largest absolute Gasteiger partial charge is 0.506 e. The van der Waals surface area contributed by atoms with Crippen LogP contribution in [0, 0.1) is 0 Å². The smallest absolute Gasteiger partial charge is 0.235 e. The lowest BCUT2D eigenvalue weighted by atomic mass is 10.2. The molecule has 1 aromatic carbocycles. The summed E-state index contributed by atoms with van der Waals surface area (Å²) in [5.74, 6) is 0.331. The third kappa shape index (κ3) is 2.31. The van der Waals surface area contributed by atoms with Crippen LogP contribution in [-0.2, 0) is 0 Å². The minimum Gasteiger partial charge on any atom is -0.506 e. The number of phenolic OH excluding ortho intramolecular Hbond substituents is 1. The Hall–Kier alpha value is -2.29. The van der Waals surface area contributed by atoms with E-state index in [1.165, 1.54) is 17.4 Å². The van der Waals surface area contributed by atoms with Gasteiger partial charge in [-0.25, -0.2) is 0 Å². The summed E-state index contributed by atoms with van der Waals surface area (Å²) < 4.78 is 1.56. The van der Waals surface area contributed by atoms with E-state index in [4.69, 9.17) is 23.2 Å². The van der Waals surface area contributed by atoms with Crippen molar-refractivity contribution in [2.45, 2.75) is 0 Å². The first-order valence-electron chi connectivity index (χ1n) is 6.31. The molecule has 1 N–H and O–H groups in total. The second kappa shape index (κ2) is 5.41. The van der Waals surface area contributed by atoms with E-state index in [1.54, 1.807) is 29.2 Å². The van der Waals surface area contributed by atoms with Gasteiger partial charge in [-0.3, -0.25) is 9.97 Å². The van der Waals surface area contributed by atoms with Crippen molar-refractivity contribution in [3.8, 4) is 27.8 Å². The first-order chi connectivity index (χ1) is 11.1. The van der Waals surface area contributed by atoms with Crippen molar-refractivity contribution in [1.29, 1.82) is 0 Å². The zero-order chi connectivity index (χ0) is 16.0. The first-order valence-corrected chi connectivity index (χ1v) is 7.88. The Labute approximate surface area is 143 Å². The summed E-state index contributed by atoms with van der Waals surface area (Å²) in [5, 5.41) is 23.1. The predicted octanol–water partition coefficient (Wildman–Crippen LogP) is 3.32. The number of halogens is 2. The van der Waals surface area contributed by atoms with Gasteiger partial charge in [0.1, 0.15) is 16.5 Å². The average molecular weight is 365 g/mol. The van der Waals surface area contributed by atoms with Crippen LogP contribution in [0.25, 0.3) is 27.1 Å². The maximum Gasteiger partial charge on any atom is 0.235 e. The fraction of sp³-hybridized carbons (Fsp3) is 0. The van der Waals surface area contributed by atoms with Gasteiger partial charge in [0, 0.05) is 18.0 Å². The Kier molecular flexibility index (Phi) is 3.37. The van der Waals surface area contributed by atoms with Crippen LogP contribution < -0.4 is 0 Å². The SMILES string of the molecule is Oc1ccc(-c2nnc3sc(-c4cnccn4)nn23)c(Cl)c1Cl. The Balaban J connectivity index is 1.89. The lowest BCUT2D eigenvalue weighted by Crippen LogP contribution is -1.93. The molecule has 10 heteroatoms. The third-order valence-corrected chi connectivity index (χ3v) is 4.87. The number of aromatic hydroxyl groups is 1. The summed E-state index contributed by atoms with van der Waals surface area (Å²) in [6.45, 7) is 0. The summed E-state index contributed by atoms with van der Waals surface area (Å²) in [7, 11) is 0. The standard InChI is InChI=1S/C13H6Cl2N6OS/c14-9-6(1-2-8(22)10(9)15)11-18-19-13-21(11)20-12(23-13)7-5-16-3-4-17-7/h1-5,22H. The molecule has 4 rings (SSSR count). The van der Waals surface area contributed by atoms with Gasteiger partial charge in [-0.1, -0.05) is 34.5 Å². The molecule has 0 aliphatic rings. The van der Waals surface area contributed by atoms with E-state index in [2.05, 4.69) is 25.3 Å². The molecule has 0 unspecified atom stereocenters. The Morgan fingerprint density at radius 2 is 1.96 bits per heavy atom. The number of fused-ring (bicyclic) bond motifs is 1. The molecule has 0 radical (unpaired) electrons. The van der Waals surface area contributed by atoms with Crippen molar-refractivity contribution in [1.82, 2.24) is 29.8 Å². The molecule has 0 fully saturated rings. The molecule has 0 spiro atoms. The normalized spacial score (nSPS) is 11.2. The molecular formula is C13H6Cl2N6OS. The molecule has 0 atom stereocenters. The van der Waals surface area contributed by atoms with Crippen LogP contribution in [0.2, 0.25) is 10.0 Å². The molecule has 0 amide bonds. The van der Waals surface area contributed by atoms with Gasteiger partial charge in [0.15, 0.2) is 10.8 Å². The van der Waals surface area contributed by atoms with Crippen LogP contribution >= 0.6 is 34.5 Å². The van der Waals surface area contributed by atoms with Gasteiger partial charge in [0.2, 0.25) is 4.96 Å². The van der Waals surface area contributed by atoms with E-state index in [0.29, 0.717) is 27.1 Å². The highest BCUT2D eigenvalue weighted by Gasteiger charge is 2.19. The molecule has 23 heavy (non-hydrogen) atoms. The predicted molar refractivity (Wildman–Crippen MR) is 86.8 cm³/mol. The zero-order valence-electron chi connectivity index (χ0n) is 11.2. The third-order valence-electron chi connectivity index (χ3n) is 3.08. The van der Waals surface area contributed by atoms with E-state index in [1.807, 2.05) is 0 Å².